The number of rotatable bonds is 4. The Kier molecular flexibility index (Phi) is 3.94. The zero-order chi connectivity index (χ0) is 19.5. The van der Waals surface area contributed by atoms with Gasteiger partial charge in [-0.3, -0.25) is 4.79 Å². The Bertz CT molecular complexity index is 898. The molecule has 1 amide bonds. The lowest BCUT2D eigenvalue weighted by Crippen LogP contribution is -2.55. The molecule has 148 valence electrons. The first-order valence-electron chi connectivity index (χ1n) is 10.5. The fourth-order valence-corrected chi connectivity index (χ4v) is 7.32. The van der Waals surface area contributed by atoms with Gasteiger partial charge in [0.2, 0.25) is 5.91 Å². The summed E-state index contributed by atoms with van der Waals surface area (Å²) in [5.41, 5.74) is 3.75. The lowest BCUT2D eigenvalue weighted by molar-refractivity contribution is -0.126. The summed E-state index contributed by atoms with van der Waals surface area (Å²) in [6.45, 7) is 6.15. The van der Waals surface area contributed by atoms with Crippen LogP contribution in [0.25, 0.3) is 0 Å². The van der Waals surface area contributed by atoms with Crippen molar-refractivity contribution in [1.29, 1.82) is 0 Å². The van der Waals surface area contributed by atoms with Gasteiger partial charge in [-0.05, 0) is 94.2 Å². The highest BCUT2D eigenvalue weighted by atomic mass is 16.5. The van der Waals surface area contributed by atoms with Crippen LogP contribution in [0.2, 0.25) is 0 Å². The summed E-state index contributed by atoms with van der Waals surface area (Å²) in [6.07, 6.45) is 9.60. The van der Waals surface area contributed by atoms with Gasteiger partial charge in [-0.15, -0.1) is 0 Å². The average Bonchev–Trinajstić information content (AvgIpc) is 2.92. The Morgan fingerprint density at radius 2 is 1.96 bits per heavy atom. The summed E-state index contributed by atoms with van der Waals surface area (Å²) in [5, 5.41) is 7.31. The van der Waals surface area contributed by atoms with E-state index in [1.54, 1.807) is 6.20 Å². The summed E-state index contributed by atoms with van der Waals surface area (Å²) in [6, 6.07) is 3.88. The molecule has 1 N–H and O–H groups in total. The van der Waals surface area contributed by atoms with E-state index in [0.29, 0.717) is 12.2 Å². The van der Waals surface area contributed by atoms with Crippen molar-refractivity contribution >= 4 is 11.7 Å². The lowest BCUT2D eigenvalue weighted by atomic mass is 9.42. The Morgan fingerprint density at radius 1 is 1.21 bits per heavy atom. The molecule has 0 spiro atoms. The minimum atomic E-state index is 0.105. The van der Waals surface area contributed by atoms with Crippen LogP contribution in [-0.2, 0) is 10.2 Å². The molecular formula is C23H29N3O2. The molecule has 0 unspecified atom stereocenters. The summed E-state index contributed by atoms with van der Waals surface area (Å²) >= 11 is 0. The first kappa shape index (κ1) is 17.9. The molecular weight excluding hydrogens is 350 g/mol. The van der Waals surface area contributed by atoms with Crippen LogP contribution in [0, 0.1) is 38.0 Å². The van der Waals surface area contributed by atoms with Crippen molar-refractivity contribution in [3.05, 3.63) is 40.9 Å². The van der Waals surface area contributed by atoms with Crippen molar-refractivity contribution in [3.8, 4) is 0 Å². The first-order chi connectivity index (χ1) is 13.4. The molecule has 0 aliphatic heterocycles. The van der Waals surface area contributed by atoms with Crippen LogP contribution < -0.4 is 5.32 Å². The van der Waals surface area contributed by atoms with Gasteiger partial charge in [-0.25, -0.2) is 4.98 Å². The van der Waals surface area contributed by atoms with Crippen LogP contribution in [-0.4, -0.2) is 16.0 Å². The fourth-order valence-electron chi connectivity index (χ4n) is 7.32. The Morgan fingerprint density at radius 3 is 2.61 bits per heavy atom. The van der Waals surface area contributed by atoms with Crippen LogP contribution in [0.5, 0.6) is 0 Å². The SMILES string of the molecule is Cc1ccnc(NC(=O)CC23C[C@H]4C[C@H](C2)CC(c2c(C)noc2C)(C4)C3)c1. The topological polar surface area (TPSA) is 68.0 Å². The number of carbonyl (C=O) groups excluding carboxylic acids is 1. The highest BCUT2D eigenvalue weighted by molar-refractivity contribution is 5.90. The van der Waals surface area contributed by atoms with Crippen LogP contribution >= 0.6 is 0 Å². The molecule has 4 aliphatic rings. The van der Waals surface area contributed by atoms with E-state index in [0.717, 1.165) is 35.3 Å². The third-order valence-corrected chi connectivity index (χ3v) is 7.46. The fraction of sp³-hybridized carbons (Fsp3) is 0.609. The number of nitrogens with zero attached hydrogens (tertiary/aromatic N) is 2. The molecule has 2 heterocycles. The number of aromatic nitrogens is 2. The van der Waals surface area contributed by atoms with Gasteiger partial charge in [0.15, 0.2) is 0 Å². The molecule has 4 fully saturated rings. The summed E-state index contributed by atoms with van der Waals surface area (Å²) in [4.78, 5) is 17.2. The Balaban J connectivity index is 1.41. The molecule has 28 heavy (non-hydrogen) atoms. The van der Waals surface area contributed by atoms with Crippen LogP contribution in [0.15, 0.2) is 22.9 Å². The number of hydrogen-bond acceptors (Lipinski definition) is 4. The first-order valence-corrected chi connectivity index (χ1v) is 10.5. The normalized spacial score (nSPS) is 33.2. The molecule has 6 rings (SSSR count). The predicted octanol–water partition coefficient (Wildman–Crippen LogP) is 4.86. The third kappa shape index (κ3) is 2.87. The zero-order valence-electron chi connectivity index (χ0n) is 17.0. The second kappa shape index (κ2) is 6.16. The van der Waals surface area contributed by atoms with Crippen LogP contribution in [0.1, 0.15) is 67.5 Å². The van der Waals surface area contributed by atoms with Crippen molar-refractivity contribution in [2.45, 2.75) is 71.1 Å². The van der Waals surface area contributed by atoms with E-state index < -0.39 is 0 Å². The van der Waals surface area contributed by atoms with E-state index in [-0.39, 0.29) is 16.7 Å². The second-order valence-electron chi connectivity index (χ2n) is 9.88. The van der Waals surface area contributed by atoms with E-state index in [2.05, 4.69) is 29.3 Å². The van der Waals surface area contributed by atoms with E-state index in [9.17, 15) is 4.79 Å². The van der Waals surface area contributed by atoms with Gasteiger partial charge in [0.25, 0.3) is 0 Å². The van der Waals surface area contributed by atoms with Gasteiger partial charge in [0.05, 0.1) is 5.69 Å². The largest absolute Gasteiger partial charge is 0.361 e. The zero-order valence-corrected chi connectivity index (χ0v) is 17.0. The summed E-state index contributed by atoms with van der Waals surface area (Å²) in [5.74, 6) is 3.19. The maximum atomic E-state index is 13.0. The van der Waals surface area contributed by atoms with Gasteiger partial charge in [0, 0.05) is 23.6 Å². The van der Waals surface area contributed by atoms with Crippen molar-refractivity contribution in [2.24, 2.45) is 17.3 Å². The van der Waals surface area contributed by atoms with Crippen molar-refractivity contribution < 1.29 is 9.32 Å². The number of pyridine rings is 1. The predicted molar refractivity (Wildman–Crippen MR) is 107 cm³/mol. The van der Waals surface area contributed by atoms with Gasteiger partial charge < -0.3 is 9.84 Å². The average molecular weight is 380 g/mol. The third-order valence-electron chi connectivity index (χ3n) is 7.46. The van der Waals surface area contributed by atoms with E-state index in [4.69, 9.17) is 4.52 Å². The minimum Gasteiger partial charge on any atom is -0.361 e. The molecule has 4 saturated carbocycles. The lowest BCUT2D eigenvalue weighted by Gasteiger charge is -2.62. The number of carbonyl (C=O) groups is 1. The molecule has 4 aliphatic carbocycles. The van der Waals surface area contributed by atoms with Gasteiger partial charge in [-0.1, -0.05) is 5.16 Å². The monoisotopic (exact) mass is 379 g/mol. The van der Waals surface area contributed by atoms with Gasteiger partial charge >= 0.3 is 0 Å². The number of amides is 1. The Labute approximate surface area is 166 Å². The highest BCUT2D eigenvalue weighted by Gasteiger charge is 2.59. The number of aryl methyl sites for hydroxylation is 3. The molecule has 0 saturated heterocycles. The van der Waals surface area contributed by atoms with Crippen LogP contribution in [0.3, 0.4) is 0 Å². The number of nitrogens with one attached hydrogen (secondary N) is 1. The van der Waals surface area contributed by atoms with Crippen molar-refractivity contribution in [2.75, 3.05) is 5.32 Å². The van der Waals surface area contributed by atoms with Crippen LogP contribution in [0.4, 0.5) is 5.82 Å². The molecule has 5 heteroatoms. The van der Waals surface area contributed by atoms with Crippen molar-refractivity contribution in [1.82, 2.24) is 10.1 Å². The van der Waals surface area contributed by atoms with E-state index in [1.165, 1.54) is 37.7 Å². The summed E-state index contributed by atoms with van der Waals surface area (Å²) < 4.78 is 5.55. The number of hydrogen-bond donors (Lipinski definition) is 1. The standard InChI is InChI=1S/C23H29N3O2/c1-14-4-5-24-19(6-14)25-20(27)12-22-8-17-7-18(9-22)11-23(10-17,13-22)21-15(2)26-28-16(21)3/h4-6,17-18H,7-13H2,1-3H3,(H,24,25,27)/t17-,18-,22?,23?/m1/s1. The molecule has 5 nitrogen and oxygen atoms in total. The second-order valence-corrected chi connectivity index (χ2v) is 9.88. The van der Waals surface area contributed by atoms with Gasteiger partial charge in [0.1, 0.15) is 11.6 Å². The maximum Gasteiger partial charge on any atom is 0.226 e. The molecule has 2 aromatic heterocycles. The van der Waals surface area contributed by atoms with E-state index >= 15 is 0 Å². The summed E-state index contributed by atoms with van der Waals surface area (Å²) in [7, 11) is 0. The molecule has 0 aromatic carbocycles. The Hall–Kier alpha value is -2.17. The molecule has 2 aromatic rings. The van der Waals surface area contributed by atoms with E-state index in [1.807, 2.05) is 19.1 Å². The number of anilines is 1. The van der Waals surface area contributed by atoms with Crippen molar-refractivity contribution in [3.63, 3.8) is 0 Å². The van der Waals surface area contributed by atoms with Gasteiger partial charge in [-0.2, -0.15) is 0 Å². The molecule has 4 bridgehead atoms. The minimum absolute atomic E-state index is 0.105. The molecule has 2 atom stereocenters. The quantitative estimate of drug-likeness (QED) is 0.823. The highest BCUT2D eigenvalue weighted by Crippen LogP contribution is 2.67. The maximum absolute atomic E-state index is 13.0. The smallest absolute Gasteiger partial charge is 0.226 e. The molecule has 0 radical (unpaired) electrons.